The zero-order valence-corrected chi connectivity index (χ0v) is 34.6. The highest BCUT2D eigenvalue weighted by molar-refractivity contribution is 6.15. The summed E-state index contributed by atoms with van der Waals surface area (Å²) in [6, 6.07) is 65.6. The van der Waals surface area contributed by atoms with E-state index < -0.39 is 0 Å². The largest absolute Gasteiger partial charge is 0.453 e. The number of hydrogen-bond donors (Lipinski definition) is 0. The molecule has 0 spiro atoms. The number of hydrogen-bond acceptors (Lipinski definition) is 2. The van der Waals surface area contributed by atoms with E-state index in [1.165, 1.54) is 38.8 Å². The summed E-state index contributed by atoms with van der Waals surface area (Å²) in [5.41, 5.74) is 19.0. The van der Waals surface area contributed by atoms with Gasteiger partial charge in [0.15, 0.2) is 5.58 Å². The molecule has 11 rings (SSSR count). The third-order valence-electron chi connectivity index (χ3n) is 12.7. The van der Waals surface area contributed by atoms with Crippen LogP contribution in [0.5, 0.6) is 0 Å². The van der Waals surface area contributed by atoms with Crippen LogP contribution < -0.4 is 4.90 Å². The molecular formula is C58H44N2O. The van der Waals surface area contributed by atoms with E-state index in [0.717, 1.165) is 72.6 Å². The molecule has 0 N–H and O–H groups in total. The Hall–Kier alpha value is -7.62. The van der Waals surface area contributed by atoms with Crippen molar-refractivity contribution in [3.8, 4) is 39.1 Å². The molecule has 0 unspecified atom stereocenters. The molecule has 0 radical (unpaired) electrons. The maximum absolute atomic E-state index is 7.15. The number of benzene rings is 8. The van der Waals surface area contributed by atoms with Crippen LogP contribution in [0.15, 0.2) is 199 Å². The van der Waals surface area contributed by atoms with Crippen molar-refractivity contribution in [3.05, 3.63) is 217 Å². The lowest BCUT2D eigenvalue weighted by Crippen LogP contribution is -2.14. The zero-order chi connectivity index (χ0) is 41.2. The summed E-state index contributed by atoms with van der Waals surface area (Å²) < 4.78 is 9.48. The highest BCUT2D eigenvalue weighted by Crippen LogP contribution is 2.53. The quantitative estimate of drug-likeness (QED) is 0.153. The fourth-order valence-corrected chi connectivity index (χ4v) is 9.77. The Morgan fingerprint density at radius 1 is 0.557 bits per heavy atom. The van der Waals surface area contributed by atoms with Gasteiger partial charge in [-0.2, -0.15) is 0 Å². The number of allylic oxidation sites excluding steroid dienone is 1. The second-order valence-corrected chi connectivity index (χ2v) is 16.5. The summed E-state index contributed by atoms with van der Waals surface area (Å²) in [7, 11) is 0. The van der Waals surface area contributed by atoms with Crippen molar-refractivity contribution in [2.75, 3.05) is 4.90 Å². The molecule has 0 bridgehead atoms. The van der Waals surface area contributed by atoms with E-state index >= 15 is 0 Å². The van der Waals surface area contributed by atoms with Gasteiger partial charge >= 0.3 is 0 Å². The van der Waals surface area contributed by atoms with E-state index in [0.29, 0.717) is 0 Å². The molecule has 2 aromatic heterocycles. The highest BCUT2D eigenvalue weighted by atomic mass is 16.3. The molecule has 2 heterocycles. The van der Waals surface area contributed by atoms with Crippen LogP contribution in [0.2, 0.25) is 0 Å². The van der Waals surface area contributed by atoms with Crippen LogP contribution in [0, 0.1) is 0 Å². The average molecular weight is 785 g/mol. The minimum Gasteiger partial charge on any atom is -0.453 e. The minimum atomic E-state index is -0.116. The molecule has 0 saturated carbocycles. The Balaban J connectivity index is 1.06. The third-order valence-corrected chi connectivity index (χ3v) is 12.7. The molecular weight excluding hydrogens is 741 g/mol. The summed E-state index contributed by atoms with van der Waals surface area (Å²) in [6.07, 6.45) is 6.26. The Labute approximate surface area is 356 Å². The van der Waals surface area contributed by atoms with Gasteiger partial charge in [-0.1, -0.05) is 160 Å². The van der Waals surface area contributed by atoms with Gasteiger partial charge < -0.3 is 13.9 Å². The molecule has 0 atom stereocenters. The fraction of sp³-hybridized carbons (Fsp3) is 0.0690. The van der Waals surface area contributed by atoms with Crippen LogP contribution in [0.1, 0.15) is 43.2 Å². The molecule has 0 saturated heterocycles. The van der Waals surface area contributed by atoms with Crippen molar-refractivity contribution in [2.24, 2.45) is 0 Å². The standard InChI is InChI=1S/C58H44N2O/c1-5-16-52-45(6-2)49-37-41(29-36-53(49)60(52)42-19-11-8-12-20-42)40-27-32-44(33-28-40)59(43-30-25-39(26-31-43)38-17-9-7-10-18-38)54-24-15-22-46-47-34-35-51-55(57(47)61-56(46)54)48-21-13-14-23-50(48)58(51,3)4/h5-37H,2H2,1,3-4H3/b16-5-. The fourth-order valence-electron chi connectivity index (χ4n) is 9.77. The summed E-state index contributed by atoms with van der Waals surface area (Å²) >= 11 is 0. The number of aromatic nitrogens is 1. The molecule has 0 fully saturated rings. The van der Waals surface area contributed by atoms with E-state index in [4.69, 9.17) is 4.42 Å². The Bertz CT molecular complexity index is 3330. The summed E-state index contributed by atoms with van der Waals surface area (Å²) in [6.45, 7) is 11.0. The van der Waals surface area contributed by atoms with Crippen LogP contribution in [0.25, 0.3) is 84.1 Å². The maximum atomic E-state index is 7.15. The van der Waals surface area contributed by atoms with E-state index in [1.807, 2.05) is 6.08 Å². The second-order valence-electron chi connectivity index (χ2n) is 16.5. The van der Waals surface area contributed by atoms with E-state index in [-0.39, 0.29) is 5.41 Å². The smallest absolute Gasteiger partial charge is 0.159 e. The van der Waals surface area contributed by atoms with E-state index in [1.54, 1.807) is 0 Å². The monoisotopic (exact) mass is 784 g/mol. The first kappa shape index (κ1) is 36.5. The first-order valence-electron chi connectivity index (χ1n) is 21.1. The van der Waals surface area contributed by atoms with Gasteiger partial charge in [-0.05, 0) is 107 Å². The van der Waals surface area contributed by atoms with Gasteiger partial charge in [-0.3, -0.25) is 0 Å². The van der Waals surface area contributed by atoms with Crippen molar-refractivity contribution in [1.29, 1.82) is 0 Å². The second kappa shape index (κ2) is 14.3. The van der Waals surface area contributed by atoms with Gasteiger partial charge in [0.2, 0.25) is 0 Å². The predicted molar refractivity (Wildman–Crippen MR) is 258 cm³/mol. The van der Waals surface area contributed by atoms with Crippen molar-refractivity contribution in [2.45, 2.75) is 26.2 Å². The molecule has 10 aromatic rings. The first-order chi connectivity index (χ1) is 29.9. The van der Waals surface area contributed by atoms with Crippen molar-refractivity contribution in [3.63, 3.8) is 0 Å². The number of para-hydroxylation sites is 2. The first-order valence-corrected chi connectivity index (χ1v) is 21.1. The van der Waals surface area contributed by atoms with Gasteiger partial charge in [-0.15, -0.1) is 0 Å². The number of anilines is 3. The molecule has 292 valence electrons. The molecule has 3 nitrogen and oxygen atoms in total. The van der Waals surface area contributed by atoms with Gasteiger partial charge in [0.05, 0.1) is 16.9 Å². The van der Waals surface area contributed by atoms with Crippen LogP contribution in [0.4, 0.5) is 17.1 Å². The van der Waals surface area contributed by atoms with Gasteiger partial charge in [0.25, 0.3) is 0 Å². The van der Waals surface area contributed by atoms with Crippen LogP contribution in [-0.2, 0) is 5.41 Å². The van der Waals surface area contributed by atoms with Gasteiger partial charge in [-0.25, -0.2) is 0 Å². The van der Waals surface area contributed by atoms with Gasteiger partial charge in [0, 0.05) is 49.8 Å². The van der Waals surface area contributed by atoms with Crippen molar-refractivity contribution in [1.82, 2.24) is 4.57 Å². The lowest BCUT2D eigenvalue weighted by atomic mass is 9.82. The highest BCUT2D eigenvalue weighted by Gasteiger charge is 2.37. The number of furan rings is 1. The zero-order valence-electron chi connectivity index (χ0n) is 34.6. The lowest BCUT2D eigenvalue weighted by molar-refractivity contribution is 0.653. The lowest BCUT2D eigenvalue weighted by Gasteiger charge is -2.26. The topological polar surface area (TPSA) is 21.3 Å². The van der Waals surface area contributed by atoms with E-state index in [9.17, 15) is 0 Å². The SMILES string of the molecule is C=Cc1c(/C=C\C)n(-c2ccccc2)c2ccc(-c3ccc(N(c4ccc(-c5ccccc5)cc4)c4cccc5c4oc4c6c(ccc45)C(C)(C)c4ccccc4-6)cc3)cc12. The van der Waals surface area contributed by atoms with Crippen molar-refractivity contribution < 1.29 is 4.42 Å². The summed E-state index contributed by atoms with van der Waals surface area (Å²) in [4.78, 5) is 2.34. The molecule has 1 aliphatic carbocycles. The van der Waals surface area contributed by atoms with Crippen molar-refractivity contribution >= 4 is 62.1 Å². The predicted octanol–water partition coefficient (Wildman–Crippen LogP) is 16.3. The number of nitrogens with zero attached hydrogens (tertiary/aromatic N) is 2. The maximum Gasteiger partial charge on any atom is 0.159 e. The van der Waals surface area contributed by atoms with Crippen LogP contribution >= 0.6 is 0 Å². The Kier molecular flexibility index (Phi) is 8.54. The molecule has 1 aliphatic rings. The minimum absolute atomic E-state index is 0.116. The van der Waals surface area contributed by atoms with E-state index in [2.05, 4.69) is 231 Å². The molecule has 0 amide bonds. The van der Waals surface area contributed by atoms with Crippen LogP contribution in [-0.4, -0.2) is 4.57 Å². The molecule has 8 aromatic carbocycles. The van der Waals surface area contributed by atoms with Crippen LogP contribution in [0.3, 0.4) is 0 Å². The normalized spacial score (nSPS) is 13.0. The summed E-state index contributed by atoms with van der Waals surface area (Å²) in [5, 5.41) is 3.40. The molecule has 3 heteroatoms. The van der Waals surface area contributed by atoms with Gasteiger partial charge in [0.1, 0.15) is 5.58 Å². The number of fused-ring (bicyclic) bond motifs is 8. The molecule has 0 aliphatic heterocycles. The third kappa shape index (κ3) is 5.73. The Morgan fingerprint density at radius 2 is 1.18 bits per heavy atom. The molecule has 61 heavy (non-hydrogen) atoms. The number of rotatable bonds is 8. The average Bonchev–Trinajstić information content (AvgIpc) is 3.92. The summed E-state index contributed by atoms with van der Waals surface area (Å²) in [5.74, 6) is 0. The Morgan fingerprint density at radius 3 is 1.89 bits per heavy atom.